The first-order chi connectivity index (χ1) is 9.15. The van der Waals surface area contributed by atoms with Crippen LogP contribution in [-0.2, 0) is 7.05 Å². The normalized spacial score (nSPS) is 12.8. The minimum atomic E-state index is 0.108. The molecule has 1 N–H and O–H groups in total. The zero-order valence-corrected chi connectivity index (χ0v) is 11.8. The van der Waals surface area contributed by atoms with Gasteiger partial charge in [0.1, 0.15) is 17.2 Å². The molecule has 0 aliphatic rings. The zero-order valence-electron chi connectivity index (χ0n) is 11.0. The van der Waals surface area contributed by atoms with Crippen LogP contribution in [-0.4, -0.2) is 24.7 Å². The monoisotopic (exact) mass is 274 g/mol. The highest BCUT2D eigenvalue weighted by atomic mass is 32.1. The van der Waals surface area contributed by atoms with Crippen LogP contribution >= 0.6 is 11.3 Å². The van der Waals surface area contributed by atoms with E-state index in [1.54, 1.807) is 28.5 Å². The predicted molar refractivity (Wildman–Crippen MR) is 75.2 cm³/mol. The lowest BCUT2D eigenvalue weighted by atomic mass is 10.3. The summed E-state index contributed by atoms with van der Waals surface area (Å²) in [5.74, 6) is 0.790. The van der Waals surface area contributed by atoms with Gasteiger partial charge in [0.25, 0.3) is 0 Å². The topological polar surface area (TPSA) is 68.5 Å². The van der Waals surface area contributed by atoms with Crippen LogP contribution < -0.4 is 5.32 Å². The Hall–Kier alpha value is -2.02. The van der Waals surface area contributed by atoms with E-state index in [1.807, 2.05) is 19.4 Å². The summed E-state index contributed by atoms with van der Waals surface area (Å²) in [6.45, 7) is 4.07. The van der Waals surface area contributed by atoms with Crippen LogP contribution in [0.15, 0.2) is 17.9 Å². The summed E-state index contributed by atoms with van der Waals surface area (Å²) in [7, 11) is 1.87. The van der Waals surface area contributed by atoms with Crippen molar-refractivity contribution in [2.45, 2.75) is 19.9 Å². The number of hydrogen-bond acceptors (Lipinski definition) is 6. The van der Waals surface area contributed by atoms with Crippen LogP contribution in [0, 0.1) is 6.92 Å². The van der Waals surface area contributed by atoms with Crippen LogP contribution in [0.5, 0.6) is 0 Å². The SMILES string of the molecule is Cc1csc(C(C)Nc2ncnc3c2cnn3C)n1. The molecule has 1 atom stereocenters. The number of nitrogens with one attached hydrogen (secondary N) is 1. The third-order valence-electron chi connectivity index (χ3n) is 2.89. The molecule has 6 nitrogen and oxygen atoms in total. The van der Waals surface area contributed by atoms with Crippen molar-refractivity contribution in [3.05, 3.63) is 28.6 Å². The molecule has 0 fully saturated rings. The van der Waals surface area contributed by atoms with E-state index in [4.69, 9.17) is 0 Å². The molecular weight excluding hydrogens is 260 g/mol. The molecule has 0 radical (unpaired) electrons. The third kappa shape index (κ3) is 2.17. The summed E-state index contributed by atoms with van der Waals surface area (Å²) in [6, 6.07) is 0.108. The standard InChI is InChI=1S/C12H14N6S/c1-7-5-19-12(16-7)8(2)17-10-9-4-15-18(3)11(9)14-6-13-10/h4-6,8H,1-3H3,(H,13,14,17). The second-order valence-corrected chi connectivity index (χ2v) is 5.31. The molecule has 7 heteroatoms. The van der Waals surface area contributed by atoms with Crippen molar-refractivity contribution < 1.29 is 0 Å². The van der Waals surface area contributed by atoms with Gasteiger partial charge in [-0.3, -0.25) is 4.68 Å². The van der Waals surface area contributed by atoms with Crippen molar-refractivity contribution >= 4 is 28.2 Å². The zero-order chi connectivity index (χ0) is 13.4. The largest absolute Gasteiger partial charge is 0.360 e. The molecule has 0 spiro atoms. The van der Waals surface area contributed by atoms with E-state index in [1.165, 1.54) is 0 Å². The lowest BCUT2D eigenvalue weighted by Crippen LogP contribution is -2.08. The summed E-state index contributed by atoms with van der Waals surface area (Å²) >= 11 is 1.65. The molecule has 98 valence electrons. The van der Waals surface area contributed by atoms with Gasteiger partial charge in [0, 0.05) is 18.1 Å². The molecule has 0 aliphatic carbocycles. The van der Waals surface area contributed by atoms with Gasteiger partial charge in [0.2, 0.25) is 0 Å². The number of thiazole rings is 1. The fraction of sp³-hybridized carbons (Fsp3) is 0.333. The van der Waals surface area contributed by atoms with Crippen molar-refractivity contribution in [2.75, 3.05) is 5.32 Å². The molecule has 3 aromatic rings. The fourth-order valence-electron chi connectivity index (χ4n) is 1.91. The van der Waals surface area contributed by atoms with Crippen molar-refractivity contribution in [3.63, 3.8) is 0 Å². The summed E-state index contributed by atoms with van der Waals surface area (Å²) < 4.78 is 1.74. The van der Waals surface area contributed by atoms with Gasteiger partial charge in [-0.1, -0.05) is 0 Å². The lowest BCUT2D eigenvalue weighted by molar-refractivity contribution is 0.785. The first-order valence-corrected chi connectivity index (χ1v) is 6.84. The average molecular weight is 274 g/mol. The molecule has 3 rings (SSSR count). The molecule has 0 bridgehead atoms. The Bertz CT molecular complexity index is 716. The van der Waals surface area contributed by atoms with Gasteiger partial charge in [0.15, 0.2) is 5.65 Å². The Morgan fingerprint density at radius 1 is 1.37 bits per heavy atom. The highest BCUT2D eigenvalue weighted by molar-refractivity contribution is 7.09. The first-order valence-electron chi connectivity index (χ1n) is 5.96. The van der Waals surface area contributed by atoms with E-state index in [0.29, 0.717) is 0 Å². The maximum atomic E-state index is 4.48. The number of aryl methyl sites for hydroxylation is 2. The van der Waals surface area contributed by atoms with Gasteiger partial charge < -0.3 is 5.32 Å². The summed E-state index contributed by atoms with van der Waals surface area (Å²) in [6.07, 6.45) is 3.32. The van der Waals surface area contributed by atoms with Crippen LogP contribution in [0.1, 0.15) is 23.7 Å². The molecule has 1 unspecified atom stereocenters. The van der Waals surface area contributed by atoms with Crippen LogP contribution in [0.3, 0.4) is 0 Å². The van der Waals surface area contributed by atoms with Crippen LogP contribution in [0.4, 0.5) is 5.82 Å². The Morgan fingerprint density at radius 3 is 2.95 bits per heavy atom. The average Bonchev–Trinajstić information content (AvgIpc) is 2.98. The van der Waals surface area contributed by atoms with Gasteiger partial charge >= 0.3 is 0 Å². The molecule has 0 amide bonds. The van der Waals surface area contributed by atoms with Gasteiger partial charge in [-0.05, 0) is 13.8 Å². The predicted octanol–water partition coefficient (Wildman–Crippen LogP) is 2.30. The first kappa shape index (κ1) is 12.0. The van der Waals surface area contributed by atoms with Gasteiger partial charge in [0.05, 0.1) is 17.6 Å². The smallest absolute Gasteiger partial charge is 0.163 e. The molecular formula is C12H14N6S. The van der Waals surface area contributed by atoms with Crippen molar-refractivity contribution in [1.29, 1.82) is 0 Å². The number of hydrogen-bond donors (Lipinski definition) is 1. The van der Waals surface area contributed by atoms with Crippen molar-refractivity contribution in [1.82, 2.24) is 24.7 Å². The van der Waals surface area contributed by atoms with Gasteiger partial charge in [-0.15, -0.1) is 11.3 Å². The van der Waals surface area contributed by atoms with Crippen molar-refractivity contribution in [2.24, 2.45) is 7.05 Å². The number of aromatic nitrogens is 5. The number of fused-ring (bicyclic) bond motifs is 1. The summed E-state index contributed by atoms with van der Waals surface area (Å²) in [5.41, 5.74) is 1.86. The molecule has 0 saturated carbocycles. The highest BCUT2D eigenvalue weighted by Gasteiger charge is 2.13. The van der Waals surface area contributed by atoms with Gasteiger partial charge in [-0.25, -0.2) is 15.0 Å². The van der Waals surface area contributed by atoms with E-state index < -0.39 is 0 Å². The van der Waals surface area contributed by atoms with E-state index in [2.05, 4.69) is 32.3 Å². The molecule has 3 heterocycles. The fourth-order valence-corrected chi connectivity index (χ4v) is 2.72. The Morgan fingerprint density at radius 2 is 2.21 bits per heavy atom. The Kier molecular flexibility index (Phi) is 2.90. The maximum Gasteiger partial charge on any atom is 0.163 e. The molecule has 0 aliphatic heterocycles. The molecule has 3 aromatic heterocycles. The molecule has 0 aromatic carbocycles. The number of rotatable bonds is 3. The quantitative estimate of drug-likeness (QED) is 0.793. The second kappa shape index (κ2) is 4.58. The summed E-state index contributed by atoms with van der Waals surface area (Å²) in [5, 5.41) is 11.6. The number of nitrogens with zero attached hydrogens (tertiary/aromatic N) is 5. The van der Waals surface area contributed by atoms with E-state index >= 15 is 0 Å². The van der Waals surface area contributed by atoms with E-state index in [-0.39, 0.29) is 6.04 Å². The molecule has 19 heavy (non-hydrogen) atoms. The van der Waals surface area contributed by atoms with E-state index in [0.717, 1.165) is 27.6 Å². The second-order valence-electron chi connectivity index (χ2n) is 4.42. The molecule has 0 saturated heterocycles. The lowest BCUT2D eigenvalue weighted by Gasteiger charge is -2.12. The minimum Gasteiger partial charge on any atom is -0.360 e. The Balaban J connectivity index is 1.93. The summed E-state index contributed by atoms with van der Waals surface area (Å²) in [4.78, 5) is 13.0. The Labute approximate surface area is 114 Å². The van der Waals surface area contributed by atoms with E-state index in [9.17, 15) is 0 Å². The minimum absolute atomic E-state index is 0.108. The van der Waals surface area contributed by atoms with Crippen LogP contribution in [0.2, 0.25) is 0 Å². The van der Waals surface area contributed by atoms with Crippen molar-refractivity contribution in [3.8, 4) is 0 Å². The highest BCUT2D eigenvalue weighted by Crippen LogP contribution is 2.25. The number of anilines is 1. The van der Waals surface area contributed by atoms with Gasteiger partial charge in [-0.2, -0.15) is 5.10 Å². The maximum absolute atomic E-state index is 4.48. The third-order valence-corrected chi connectivity index (χ3v) is 4.04. The van der Waals surface area contributed by atoms with Crippen LogP contribution in [0.25, 0.3) is 11.0 Å².